The van der Waals surface area contributed by atoms with Crippen LogP contribution in [-0.4, -0.2) is 32.4 Å². The van der Waals surface area contributed by atoms with Crippen LogP contribution in [0.1, 0.15) is 33.6 Å². The van der Waals surface area contributed by atoms with Crippen molar-refractivity contribution < 1.29 is 13.2 Å². The third-order valence-electron chi connectivity index (χ3n) is 4.76. The molecule has 1 saturated heterocycles. The van der Waals surface area contributed by atoms with Crippen molar-refractivity contribution in [3.05, 3.63) is 36.4 Å². The van der Waals surface area contributed by atoms with E-state index in [1.54, 1.807) is 16.4 Å². The van der Waals surface area contributed by atoms with Crippen LogP contribution in [0, 0.1) is 11.8 Å². The second kappa shape index (κ2) is 7.34. The molecule has 0 N–H and O–H groups in total. The van der Waals surface area contributed by atoms with E-state index in [0.717, 1.165) is 29.4 Å². The highest BCUT2D eigenvalue weighted by molar-refractivity contribution is 7.89. The molecular weight excluding hydrogens is 334 g/mol. The molecule has 136 valence electrons. The van der Waals surface area contributed by atoms with Gasteiger partial charge in [-0.2, -0.15) is 4.31 Å². The third kappa shape index (κ3) is 3.67. The molecule has 0 aliphatic carbocycles. The Labute approximate surface area is 150 Å². The van der Waals surface area contributed by atoms with Gasteiger partial charge in [0.2, 0.25) is 10.0 Å². The summed E-state index contributed by atoms with van der Waals surface area (Å²) < 4.78 is 34.1. The lowest BCUT2D eigenvalue weighted by atomic mass is 9.94. The Kier molecular flexibility index (Phi) is 5.35. The predicted octanol–water partition coefficient (Wildman–Crippen LogP) is 4.30. The minimum atomic E-state index is -3.51. The monoisotopic (exact) mass is 361 g/mol. The van der Waals surface area contributed by atoms with Crippen molar-refractivity contribution in [2.24, 2.45) is 11.8 Å². The van der Waals surface area contributed by atoms with Gasteiger partial charge in [-0.15, -0.1) is 0 Å². The summed E-state index contributed by atoms with van der Waals surface area (Å²) in [6, 6.07) is 11.1. The average Bonchev–Trinajstić information content (AvgIpc) is 2.58. The summed E-state index contributed by atoms with van der Waals surface area (Å²) >= 11 is 0. The molecule has 1 aliphatic heterocycles. The van der Waals surface area contributed by atoms with E-state index in [-0.39, 0.29) is 0 Å². The number of fused-ring (bicyclic) bond motifs is 1. The maximum atomic E-state index is 13.3. The zero-order valence-corrected chi connectivity index (χ0v) is 16.1. The molecule has 3 rings (SSSR count). The molecule has 1 aliphatic rings. The summed E-state index contributed by atoms with van der Waals surface area (Å²) in [5.74, 6) is 1.52. The van der Waals surface area contributed by atoms with Gasteiger partial charge in [-0.1, -0.05) is 45.0 Å². The summed E-state index contributed by atoms with van der Waals surface area (Å²) in [5, 5.41) is 1.59. The zero-order valence-electron chi connectivity index (χ0n) is 15.2. The van der Waals surface area contributed by atoms with E-state index in [2.05, 4.69) is 20.8 Å². The van der Waals surface area contributed by atoms with Crippen LogP contribution in [0.2, 0.25) is 0 Å². The molecule has 0 spiro atoms. The Morgan fingerprint density at radius 2 is 1.68 bits per heavy atom. The molecule has 0 radical (unpaired) electrons. The highest BCUT2D eigenvalue weighted by Crippen LogP contribution is 2.34. The van der Waals surface area contributed by atoms with Crippen molar-refractivity contribution in [1.82, 2.24) is 4.31 Å². The SMILES string of the molecule is CCCOc1ccc(S(=O)(=O)N2C[C@@H](C)C[C@H](C)C2)c2ccccc12. The van der Waals surface area contributed by atoms with Gasteiger partial charge in [0, 0.05) is 23.9 Å². The lowest BCUT2D eigenvalue weighted by Gasteiger charge is -2.34. The first kappa shape index (κ1) is 18.2. The number of hydrogen-bond acceptors (Lipinski definition) is 3. The van der Waals surface area contributed by atoms with E-state index >= 15 is 0 Å². The van der Waals surface area contributed by atoms with Crippen molar-refractivity contribution in [2.45, 2.75) is 38.5 Å². The highest BCUT2D eigenvalue weighted by Gasteiger charge is 2.32. The van der Waals surface area contributed by atoms with Crippen molar-refractivity contribution in [2.75, 3.05) is 19.7 Å². The molecule has 5 heteroatoms. The number of ether oxygens (including phenoxy) is 1. The standard InChI is InChI=1S/C20H27NO3S/c1-4-11-24-19-9-10-20(18-8-6-5-7-17(18)19)25(22,23)21-13-15(2)12-16(3)14-21/h5-10,15-16H,4,11-14H2,1-3H3/t15-,16-/m0/s1. The molecule has 25 heavy (non-hydrogen) atoms. The Morgan fingerprint density at radius 1 is 1.04 bits per heavy atom. The van der Waals surface area contributed by atoms with Crippen molar-refractivity contribution in [3.8, 4) is 5.75 Å². The Bertz CT molecular complexity index is 837. The summed E-state index contributed by atoms with van der Waals surface area (Å²) in [6.07, 6.45) is 1.99. The summed E-state index contributed by atoms with van der Waals surface area (Å²) in [5.41, 5.74) is 0. The van der Waals surface area contributed by atoms with Gasteiger partial charge >= 0.3 is 0 Å². The molecule has 0 amide bonds. The van der Waals surface area contributed by atoms with Crippen LogP contribution < -0.4 is 4.74 Å². The van der Waals surface area contributed by atoms with Gasteiger partial charge in [-0.3, -0.25) is 0 Å². The molecular formula is C20H27NO3S. The molecule has 2 atom stereocenters. The Hall–Kier alpha value is -1.59. The lowest BCUT2D eigenvalue weighted by molar-refractivity contribution is 0.222. The van der Waals surface area contributed by atoms with E-state index in [4.69, 9.17) is 4.74 Å². The number of nitrogens with zero attached hydrogens (tertiary/aromatic N) is 1. The fraction of sp³-hybridized carbons (Fsp3) is 0.500. The van der Waals surface area contributed by atoms with Crippen LogP contribution in [0.25, 0.3) is 10.8 Å². The van der Waals surface area contributed by atoms with E-state index in [1.165, 1.54) is 0 Å². The maximum Gasteiger partial charge on any atom is 0.243 e. The molecule has 0 saturated carbocycles. The van der Waals surface area contributed by atoms with Gasteiger partial charge in [0.15, 0.2) is 0 Å². The highest BCUT2D eigenvalue weighted by atomic mass is 32.2. The maximum absolute atomic E-state index is 13.3. The first-order valence-corrected chi connectivity index (χ1v) is 10.5. The predicted molar refractivity (Wildman–Crippen MR) is 101 cm³/mol. The number of hydrogen-bond donors (Lipinski definition) is 0. The first-order chi connectivity index (χ1) is 11.9. The molecule has 0 bridgehead atoms. The second-order valence-corrected chi connectivity index (χ2v) is 9.13. The van der Waals surface area contributed by atoms with Gasteiger partial charge in [-0.05, 0) is 36.8 Å². The van der Waals surface area contributed by atoms with Crippen molar-refractivity contribution in [1.29, 1.82) is 0 Å². The zero-order chi connectivity index (χ0) is 18.0. The minimum Gasteiger partial charge on any atom is -0.493 e. The van der Waals surface area contributed by atoms with Gasteiger partial charge in [-0.25, -0.2) is 8.42 Å². The minimum absolute atomic E-state index is 0.383. The van der Waals surface area contributed by atoms with Crippen LogP contribution in [-0.2, 0) is 10.0 Å². The van der Waals surface area contributed by atoms with Gasteiger partial charge < -0.3 is 4.74 Å². The van der Waals surface area contributed by atoms with Crippen LogP contribution in [0.15, 0.2) is 41.3 Å². The van der Waals surface area contributed by atoms with E-state index in [9.17, 15) is 8.42 Å². The van der Waals surface area contributed by atoms with Crippen LogP contribution in [0.5, 0.6) is 5.75 Å². The third-order valence-corrected chi connectivity index (χ3v) is 6.65. The Morgan fingerprint density at radius 3 is 2.32 bits per heavy atom. The molecule has 1 fully saturated rings. The van der Waals surface area contributed by atoms with E-state index < -0.39 is 10.0 Å². The normalized spacial score (nSPS) is 22.2. The number of piperidine rings is 1. The quantitative estimate of drug-likeness (QED) is 0.798. The Balaban J connectivity index is 2.06. The molecule has 2 aromatic carbocycles. The second-order valence-electron chi connectivity index (χ2n) is 7.22. The smallest absolute Gasteiger partial charge is 0.243 e. The first-order valence-electron chi connectivity index (χ1n) is 9.08. The molecule has 0 aromatic heterocycles. The van der Waals surface area contributed by atoms with Crippen molar-refractivity contribution >= 4 is 20.8 Å². The number of benzene rings is 2. The number of sulfonamides is 1. The fourth-order valence-electron chi connectivity index (χ4n) is 3.75. The van der Waals surface area contributed by atoms with Crippen LogP contribution >= 0.6 is 0 Å². The number of rotatable bonds is 5. The van der Waals surface area contributed by atoms with Crippen molar-refractivity contribution in [3.63, 3.8) is 0 Å². The van der Waals surface area contributed by atoms with E-state index in [1.807, 2.05) is 24.3 Å². The largest absolute Gasteiger partial charge is 0.493 e. The summed E-state index contributed by atoms with van der Waals surface area (Å²) in [7, 11) is -3.51. The van der Waals surface area contributed by atoms with Gasteiger partial charge in [0.05, 0.1) is 11.5 Å². The topological polar surface area (TPSA) is 46.6 Å². The van der Waals surface area contributed by atoms with Crippen LogP contribution in [0.3, 0.4) is 0 Å². The van der Waals surface area contributed by atoms with E-state index in [0.29, 0.717) is 36.4 Å². The molecule has 2 aromatic rings. The molecule has 4 nitrogen and oxygen atoms in total. The summed E-state index contributed by atoms with van der Waals surface area (Å²) in [6.45, 7) is 8.11. The fourth-order valence-corrected chi connectivity index (χ4v) is 5.62. The summed E-state index contributed by atoms with van der Waals surface area (Å²) in [4.78, 5) is 0.383. The molecule has 0 unspecified atom stereocenters. The molecule has 1 heterocycles. The lowest BCUT2D eigenvalue weighted by Crippen LogP contribution is -2.42. The van der Waals surface area contributed by atoms with Gasteiger partial charge in [0.25, 0.3) is 0 Å². The van der Waals surface area contributed by atoms with Gasteiger partial charge in [0.1, 0.15) is 5.75 Å². The average molecular weight is 362 g/mol. The van der Waals surface area contributed by atoms with Crippen LogP contribution in [0.4, 0.5) is 0 Å².